The zero-order valence-electron chi connectivity index (χ0n) is 12.7. The summed E-state index contributed by atoms with van der Waals surface area (Å²) in [6.45, 7) is 8.61. The molecule has 0 N–H and O–H groups in total. The fraction of sp³-hybridized carbons (Fsp3) is 0.556. The van der Waals surface area contributed by atoms with Crippen LogP contribution in [0.15, 0.2) is 36.9 Å². The summed E-state index contributed by atoms with van der Waals surface area (Å²) in [6, 6.07) is 10.5. The third-order valence-electron chi connectivity index (χ3n) is 3.54. The Bertz CT molecular complexity index is 342. The third kappa shape index (κ3) is 7.17. The van der Waals surface area contributed by atoms with Crippen molar-refractivity contribution in [1.29, 1.82) is 0 Å². The van der Waals surface area contributed by atoms with Gasteiger partial charge in [-0.05, 0) is 31.1 Å². The maximum atomic E-state index is 4.19. The molecule has 19 heavy (non-hydrogen) atoms. The van der Waals surface area contributed by atoms with Crippen molar-refractivity contribution in [2.75, 3.05) is 20.1 Å². The van der Waals surface area contributed by atoms with E-state index in [0.717, 1.165) is 6.54 Å². The zero-order valence-corrected chi connectivity index (χ0v) is 12.7. The van der Waals surface area contributed by atoms with Crippen molar-refractivity contribution in [3.8, 4) is 0 Å². The second-order valence-electron chi connectivity index (χ2n) is 5.48. The van der Waals surface area contributed by atoms with Gasteiger partial charge in [0.2, 0.25) is 0 Å². The summed E-state index contributed by atoms with van der Waals surface area (Å²) >= 11 is 0. The average Bonchev–Trinajstić information content (AvgIpc) is 2.43. The Labute approximate surface area is 119 Å². The molecule has 1 aromatic carbocycles. The minimum Gasteiger partial charge on any atom is -0.302 e. The van der Waals surface area contributed by atoms with Crippen LogP contribution >= 0.6 is 0 Å². The lowest BCUT2D eigenvalue weighted by Crippen LogP contribution is -2.21. The first-order valence-corrected chi connectivity index (χ1v) is 7.65. The highest BCUT2D eigenvalue weighted by molar-refractivity contribution is 5.64. The predicted molar refractivity (Wildman–Crippen MR) is 86.3 cm³/mol. The van der Waals surface area contributed by atoms with Crippen LogP contribution in [-0.4, -0.2) is 25.0 Å². The molecule has 0 atom stereocenters. The van der Waals surface area contributed by atoms with Gasteiger partial charge in [-0.25, -0.2) is 0 Å². The largest absolute Gasteiger partial charge is 0.302 e. The van der Waals surface area contributed by atoms with Crippen LogP contribution in [0.5, 0.6) is 0 Å². The van der Waals surface area contributed by atoms with Crippen molar-refractivity contribution in [1.82, 2.24) is 4.90 Å². The molecule has 0 spiro atoms. The summed E-state index contributed by atoms with van der Waals surface area (Å²) < 4.78 is 0. The topological polar surface area (TPSA) is 3.24 Å². The fourth-order valence-corrected chi connectivity index (χ4v) is 2.33. The maximum absolute atomic E-state index is 4.19. The summed E-state index contributed by atoms with van der Waals surface area (Å²) in [5.41, 5.74) is 2.48. The van der Waals surface area contributed by atoms with Gasteiger partial charge in [-0.2, -0.15) is 0 Å². The molecule has 0 heterocycles. The van der Waals surface area contributed by atoms with E-state index in [-0.39, 0.29) is 0 Å². The van der Waals surface area contributed by atoms with Crippen molar-refractivity contribution in [2.45, 2.75) is 45.4 Å². The van der Waals surface area contributed by atoms with Crippen LogP contribution in [0.1, 0.15) is 51.0 Å². The molecule has 0 aliphatic carbocycles. The van der Waals surface area contributed by atoms with E-state index in [1.807, 2.05) is 0 Å². The molecule has 0 aliphatic heterocycles. The van der Waals surface area contributed by atoms with Crippen LogP contribution < -0.4 is 0 Å². The van der Waals surface area contributed by atoms with Gasteiger partial charge in [0.25, 0.3) is 0 Å². The second-order valence-corrected chi connectivity index (χ2v) is 5.48. The van der Waals surface area contributed by atoms with Gasteiger partial charge in [-0.3, -0.25) is 0 Å². The van der Waals surface area contributed by atoms with Gasteiger partial charge >= 0.3 is 0 Å². The Morgan fingerprint density at radius 1 is 1.00 bits per heavy atom. The van der Waals surface area contributed by atoms with Gasteiger partial charge < -0.3 is 4.90 Å². The van der Waals surface area contributed by atoms with E-state index >= 15 is 0 Å². The summed E-state index contributed by atoms with van der Waals surface area (Å²) in [5, 5.41) is 0. The number of benzene rings is 1. The first-order valence-electron chi connectivity index (χ1n) is 7.65. The van der Waals surface area contributed by atoms with E-state index in [4.69, 9.17) is 0 Å². The number of likely N-dealkylation sites (N-methyl/N-ethyl adjacent to an activating group) is 1. The molecule has 0 aliphatic rings. The van der Waals surface area contributed by atoms with Crippen LogP contribution in [0, 0.1) is 0 Å². The van der Waals surface area contributed by atoms with Gasteiger partial charge in [0.1, 0.15) is 0 Å². The Hall–Kier alpha value is -1.08. The third-order valence-corrected chi connectivity index (χ3v) is 3.54. The molecular formula is C18H29N. The van der Waals surface area contributed by atoms with Crippen LogP contribution in [0.3, 0.4) is 0 Å². The van der Waals surface area contributed by atoms with E-state index in [9.17, 15) is 0 Å². The molecule has 1 nitrogen and oxygen atoms in total. The van der Waals surface area contributed by atoms with Gasteiger partial charge in [0.05, 0.1) is 0 Å². The van der Waals surface area contributed by atoms with Crippen molar-refractivity contribution >= 4 is 5.57 Å². The first kappa shape index (κ1) is 16.0. The minimum absolute atomic E-state index is 0.971. The Kier molecular flexibility index (Phi) is 8.24. The van der Waals surface area contributed by atoms with Crippen molar-refractivity contribution in [3.05, 3.63) is 42.5 Å². The van der Waals surface area contributed by atoms with Crippen molar-refractivity contribution in [3.63, 3.8) is 0 Å². The lowest BCUT2D eigenvalue weighted by atomic mass is 10.1. The Morgan fingerprint density at radius 3 is 2.32 bits per heavy atom. The molecule has 0 radical (unpaired) electrons. The fourth-order valence-electron chi connectivity index (χ4n) is 2.33. The number of hydrogen-bond acceptors (Lipinski definition) is 1. The summed E-state index contributed by atoms with van der Waals surface area (Å²) in [5.74, 6) is 0. The lowest BCUT2D eigenvalue weighted by molar-refractivity contribution is 0.361. The Balaban J connectivity index is 2.14. The molecule has 0 amide bonds. The zero-order chi connectivity index (χ0) is 13.9. The molecule has 106 valence electrons. The van der Waals surface area contributed by atoms with Crippen LogP contribution in [-0.2, 0) is 0 Å². The number of hydrogen-bond donors (Lipinski definition) is 0. The highest BCUT2D eigenvalue weighted by Crippen LogP contribution is 2.13. The molecule has 0 aromatic heterocycles. The highest BCUT2D eigenvalue weighted by atomic mass is 15.1. The van der Waals surface area contributed by atoms with Crippen molar-refractivity contribution < 1.29 is 0 Å². The number of nitrogens with zero attached hydrogens (tertiary/aromatic N) is 1. The highest BCUT2D eigenvalue weighted by Gasteiger charge is 2.03. The SMILES string of the molecule is C=C(CN(C)CCCCCCCC)c1ccccc1. The predicted octanol–water partition coefficient (Wildman–Crippen LogP) is 4.99. The van der Waals surface area contributed by atoms with E-state index in [2.05, 4.69) is 55.8 Å². The molecule has 1 heteroatoms. The van der Waals surface area contributed by atoms with Crippen molar-refractivity contribution in [2.24, 2.45) is 0 Å². The van der Waals surface area contributed by atoms with Crippen LogP contribution in [0.25, 0.3) is 5.57 Å². The first-order chi connectivity index (χ1) is 9.24. The lowest BCUT2D eigenvalue weighted by Gasteiger charge is -2.18. The molecule has 1 aromatic rings. The van der Waals surface area contributed by atoms with E-state index in [0.29, 0.717) is 0 Å². The monoisotopic (exact) mass is 259 g/mol. The second kappa shape index (κ2) is 9.80. The maximum Gasteiger partial charge on any atom is 0.0230 e. The summed E-state index contributed by atoms with van der Waals surface area (Å²) in [4.78, 5) is 2.38. The normalized spacial score (nSPS) is 10.9. The molecule has 0 saturated carbocycles. The number of rotatable bonds is 10. The molecule has 0 bridgehead atoms. The van der Waals surface area contributed by atoms with Gasteiger partial charge in [-0.15, -0.1) is 0 Å². The molecule has 0 unspecified atom stereocenters. The standard InChI is InChI=1S/C18H29N/c1-4-5-6-7-8-12-15-19(3)16-17(2)18-13-10-9-11-14-18/h9-11,13-14H,2,4-8,12,15-16H2,1,3H3. The van der Waals surface area contributed by atoms with E-state index < -0.39 is 0 Å². The molecule has 0 saturated heterocycles. The minimum atomic E-state index is 0.971. The van der Waals surface area contributed by atoms with E-state index in [1.165, 1.54) is 56.2 Å². The average molecular weight is 259 g/mol. The summed E-state index contributed by atoms with van der Waals surface area (Å²) in [6.07, 6.45) is 8.18. The molecule has 0 fully saturated rings. The number of unbranched alkanes of at least 4 members (excludes halogenated alkanes) is 5. The summed E-state index contributed by atoms with van der Waals surface area (Å²) in [7, 11) is 2.19. The Morgan fingerprint density at radius 2 is 1.63 bits per heavy atom. The van der Waals surface area contributed by atoms with Gasteiger partial charge in [0, 0.05) is 6.54 Å². The smallest absolute Gasteiger partial charge is 0.0230 e. The molecule has 1 rings (SSSR count). The van der Waals surface area contributed by atoms with E-state index in [1.54, 1.807) is 0 Å². The quantitative estimate of drug-likeness (QED) is 0.535. The van der Waals surface area contributed by atoms with Gasteiger partial charge in [0.15, 0.2) is 0 Å². The van der Waals surface area contributed by atoms with Crippen LogP contribution in [0.4, 0.5) is 0 Å². The van der Waals surface area contributed by atoms with Gasteiger partial charge in [-0.1, -0.05) is 75.9 Å². The van der Waals surface area contributed by atoms with Crippen LogP contribution in [0.2, 0.25) is 0 Å². The molecular weight excluding hydrogens is 230 g/mol.